The van der Waals surface area contributed by atoms with Crippen LogP contribution in [0.5, 0.6) is 0 Å². The van der Waals surface area contributed by atoms with Crippen LogP contribution in [0.15, 0.2) is 43.2 Å². The Morgan fingerprint density at radius 3 is 2.50 bits per heavy atom. The fourth-order valence-electron chi connectivity index (χ4n) is 3.02. The summed E-state index contributed by atoms with van der Waals surface area (Å²) in [6, 6.07) is 4.33. The molecule has 4 nitrogen and oxygen atoms in total. The van der Waals surface area contributed by atoms with Gasteiger partial charge >= 0.3 is 0 Å². The molecule has 0 atom stereocenters. The highest BCUT2D eigenvalue weighted by atomic mass is 15.1. The van der Waals surface area contributed by atoms with Crippen LogP contribution in [0.1, 0.15) is 30.7 Å². The van der Waals surface area contributed by atoms with Crippen LogP contribution >= 0.6 is 0 Å². The summed E-state index contributed by atoms with van der Waals surface area (Å²) < 4.78 is 2.16. The number of hydrogen-bond acceptors (Lipinski definition) is 3. The molecule has 2 aromatic rings. The van der Waals surface area contributed by atoms with Crippen molar-refractivity contribution in [2.24, 2.45) is 0 Å². The minimum Gasteiger partial charge on any atom is -0.337 e. The van der Waals surface area contributed by atoms with Gasteiger partial charge < -0.3 is 9.47 Å². The van der Waals surface area contributed by atoms with Crippen LogP contribution in [-0.2, 0) is 6.54 Å². The number of piperidine rings is 1. The molecule has 0 N–H and O–H groups in total. The van der Waals surface area contributed by atoms with E-state index in [1.165, 1.54) is 44.5 Å². The molecular formula is C16H22N4. The Hall–Kier alpha value is -1.68. The van der Waals surface area contributed by atoms with Crippen LogP contribution in [0, 0.1) is 0 Å². The average Bonchev–Trinajstić information content (AvgIpc) is 3.02. The molecule has 2 aromatic heterocycles. The maximum absolute atomic E-state index is 4.10. The first-order valence-corrected chi connectivity index (χ1v) is 7.50. The first-order valence-electron chi connectivity index (χ1n) is 7.50. The summed E-state index contributed by atoms with van der Waals surface area (Å²) in [6.07, 6.45) is 13.4. The first kappa shape index (κ1) is 13.3. The lowest BCUT2D eigenvalue weighted by Gasteiger charge is -2.32. The molecule has 1 aliphatic heterocycles. The average molecular weight is 270 g/mol. The Balaban J connectivity index is 1.40. The SMILES string of the molecule is c1cc(C2CCN(CCCn3ccnc3)CC2)ccn1. The van der Waals surface area contributed by atoms with E-state index in [2.05, 4.69) is 31.6 Å². The topological polar surface area (TPSA) is 34.0 Å². The van der Waals surface area contributed by atoms with E-state index in [9.17, 15) is 0 Å². The summed E-state index contributed by atoms with van der Waals surface area (Å²) in [4.78, 5) is 10.8. The summed E-state index contributed by atoms with van der Waals surface area (Å²) >= 11 is 0. The van der Waals surface area contributed by atoms with Crippen molar-refractivity contribution in [3.8, 4) is 0 Å². The number of likely N-dealkylation sites (tertiary alicyclic amines) is 1. The van der Waals surface area contributed by atoms with Gasteiger partial charge in [0, 0.05) is 31.3 Å². The molecule has 1 aliphatic rings. The summed E-state index contributed by atoms with van der Waals surface area (Å²) in [7, 11) is 0. The molecule has 0 radical (unpaired) electrons. The monoisotopic (exact) mass is 270 g/mol. The third kappa shape index (κ3) is 3.45. The van der Waals surface area contributed by atoms with Crippen LogP contribution in [-0.4, -0.2) is 39.1 Å². The van der Waals surface area contributed by atoms with Gasteiger partial charge in [0.25, 0.3) is 0 Å². The second-order valence-electron chi connectivity index (χ2n) is 5.55. The van der Waals surface area contributed by atoms with Gasteiger partial charge in [-0.25, -0.2) is 4.98 Å². The van der Waals surface area contributed by atoms with Gasteiger partial charge in [-0.2, -0.15) is 0 Å². The van der Waals surface area contributed by atoms with Crippen molar-refractivity contribution in [2.75, 3.05) is 19.6 Å². The predicted octanol–water partition coefficient (Wildman–Crippen LogP) is 2.55. The van der Waals surface area contributed by atoms with Crippen molar-refractivity contribution in [2.45, 2.75) is 31.7 Å². The number of hydrogen-bond donors (Lipinski definition) is 0. The molecule has 106 valence electrons. The van der Waals surface area contributed by atoms with Crippen molar-refractivity contribution in [1.29, 1.82) is 0 Å². The van der Waals surface area contributed by atoms with Gasteiger partial charge in [0.05, 0.1) is 6.33 Å². The fraction of sp³-hybridized carbons (Fsp3) is 0.500. The van der Waals surface area contributed by atoms with Crippen LogP contribution in [0.2, 0.25) is 0 Å². The maximum atomic E-state index is 4.10. The summed E-state index contributed by atoms with van der Waals surface area (Å²) in [5.74, 6) is 0.725. The minimum absolute atomic E-state index is 0.725. The van der Waals surface area contributed by atoms with Gasteiger partial charge in [-0.05, 0) is 62.5 Å². The maximum Gasteiger partial charge on any atom is 0.0945 e. The summed E-state index contributed by atoms with van der Waals surface area (Å²) in [5.41, 5.74) is 1.46. The van der Waals surface area contributed by atoms with Gasteiger partial charge in [-0.3, -0.25) is 4.98 Å². The van der Waals surface area contributed by atoms with E-state index in [4.69, 9.17) is 0 Å². The Kier molecular flexibility index (Phi) is 4.43. The molecule has 20 heavy (non-hydrogen) atoms. The van der Waals surface area contributed by atoms with Crippen LogP contribution in [0.25, 0.3) is 0 Å². The molecule has 0 spiro atoms. The molecule has 3 heterocycles. The molecule has 0 amide bonds. The van der Waals surface area contributed by atoms with E-state index in [1.54, 1.807) is 0 Å². The predicted molar refractivity (Wildman–Crippen MR) is 79.5 cm³/mol. The quantitative estimate of drug-likeness (QED) is 0.837. The van der Waals surface area contributed by atoms with Gasteiger partial charge in [-0.1, -0.05) is 0 Å². The number of aryl methyl sites for hydroxylation is 1. The molecule has 4 heteroatoms. The van der Waals surface area contributed by atoms with E-state index >= 15 is 0 Å². The molecule has 0 aliphatic carbocycles. The highest BCUT2D eigenvalue weighted by molar-refractivity contribution is 5.16. The molecule has 0 aromatic carbocycles. The lowest BCUT2D eigenvalue weighted by atomic mass is 9.90. The largest absolute Gasteiger partial charge is 0.337 e. The van der Waals surface area contributed by atoms with E-state index in [0.717, 1.165) is 12.5 Å². The van der Waals surface area contributed by atoms with Gasteiger partial charge in [-0.15, -0.1) is 0 Å². The zero-order valence-corrected chi connectivity index (χ0v) is 11.9. The summed E-state index contributed by atoms with van der Waals surface area (Å²) in [5, 5.41) is 0. The fourth-order valence-corrected chi connectivity index (χ4v) is 3.02. The summed E-state index contributed by atoms with van der Waals surface area (Å²) in [6.45, 7) is 4.71. The Morgan fingerprint density at radius 1 is 1.00 bits per heavy atom. The standard InChI is InChI=1S/C16H22N4/c1(10-20-13-8-18-14-20)9-19-11-4-16(5-12-19)15-2-6-17-7-3-15/h2-3,6-8,13-14,16H,1,4-5,9-12H2. The second kappa shape index (κ2) is 6.66. The lowest BCUT2D eigenvalue weighted by molar-refractivity contribution is 0.207. The smallest absolute Gasteiger partial charge is 0.0945 e. The Labute approximate surface area is 120 Å². The number of rotatable bonds is 5. The molecule has 1 fully saturated rings. The molecular weight excluding hydrogens is 248 g/mol. The van der Waals surface area contributed by atoms with Gasteiger partial charge in [0.15, 0.2) is 0 Å². The molecule has 0 saturated carbocycles. The number of nitrogens with zero attached hydrogens (tertiary/aromatic N) is 4. The third-order valence-electron chi connectivity index (χ3n) is 4.21. The third-order valence-corrected chi connectivity index (χ3v) is 4.21. The second-order valence-corrected chi connectivity index (χ2v) is 5.55. The minimum atomic E-state index is 0.725. The van der Waals surface area contributed by atoms with Crippen molar-refractivity contribution in [3.63, 3.8) is 0 Å². The zero-order chi connectivity index (χ0) is 13.6. The van der Waals surface area contributed by atoms with E-state index in [-0.39, 0.29) is 0 Å². The number of imidazole rings is 1. The molecule has 0 unspecified atom stereocenters. The highest BCUT2D eigenvalue weighted by Gasteiger charge is 2.19. The van der Waals surface area contributed by atoms with E-state index in [1.807, 2.05) is 31.1 Å². The van der Waals surface area contributed by atoms with Crippen molar-refractivity contribution < 1.29 is 0 Å². The normalized spacial score (nSPS) is 17.4. The Bertz CT molecular complexity index is 486. The zero-order valence-electron chi connectivity index (χ0n) is 11.9. The highest BCUT2D eigenvalue weighted by Crippen LogP contribution is 2.27. The molecule has 0 bridgehead atoms. The van der Waals surface area contributed by atoms with E-state index in [0.29, 0.717) is 0 Å². The van der Waals surface area contributed by atoms with Gasteiger partial charge in [0.2, 0.25) is 0 Å². The Morgan fingerprint density at radius 2 is 1.80 bits per heavy atom. The van der Waals surface area contributed by atoms with E-state index < -0.39 is 0 Å². The number of pyridine rings is 1. The lowest BCUT2D eigenvalue weighted by Crippen LogP contribution is -2.34. The number of aromatic nitrogens is 3. The van der Waals surface area contributed by atoms with Crippen LogP contribution in [0.3, 0.4) is 0 Å². The molecule has 1 saturated heterocycles. The molecule has 3 rings (SSSR count). The first-order chi connectivity index (χ1) is 9.92. The van der Waals surface area contributed by atoms with Crippen LogP contribution < -0.4 is 0 Å². The van der Waals surface area contributed by atoms with Crippen molar-refractivity contribution in [1.82, 2.24) is 19.4 Å². The van der Waals surface area contributed by atoms with Crippen LogP contribution in [0.4, 0.5) is 0 Å². The van der Waals surface area contributed by atoms with Crippen molar-refractivity contribution in [3.05, 3.63) is 48.8 Å². The van der Waals surface area contributed by atoms with Gasteiger partial charge in [0.1, 0.15) is 0 Å². The van der Waals surface area contributed by atoms with Crippen molar-refractivity contribution >= 4 is 0 Å².